The minimum atomic E-state index is 0.0156. The molecule has 0 radical (unpaired) electrons. The van der Waals surface area contributed by atoms with Crippen molar-refractivity contribution in [1.29, 1.82) is 0 Å². The number of hydrogen-bond acceptors (Lipinski definition) is 4. The minimum absolute atomic E-state index is 0.0156. The van der Waals surface area contributed by atoms with Crippen molar-refractivity contribution >= 4 is 33.3 Å². The number of nitrogens with zero attached hydrogens (tertiary/aromatic N) is 4. The summed E-state index contributed by atoms with van der Waals surface area (Å²) in [5, 5.41) is 6.37. The summed E-state index contributed by atoms with van der Waals surface area (Å²) in [5.41, 5.74) is 16.0. The maximum absolute atomic E-state index is 5.11. The van der Waals surface area contributed by atoms with Crippen LogP contribution in [0.3, 0.4) is 0 Å². The Hall–Kier alpha value is -6.85. The molecule has 3 aliphatic rings. The van der Waals surface area contributed by atoms with E-state index in [1.165, 1.54) is 66.5 Å². The van der Waals surface area contributed by atoms with Crippen molar-refractivity contribution in [2.75, 3.05) is 5.32 Å². The molecule has 3 aliphatic carbocycles. The Bertz CT molecular complexity index is 2940. The molecule has 1 unspecified atom stereocenters. The summed E-state index contributed by atoms with van der Waals surface area (Å²) in [6.07, 6.45) is 17.1. The smallest absolute Gasteiger partial charge is 0.231 e. The number of benzene rings is 5. The van der Waals surface area contributed by atoms with Gasteiger partial charge in [0, 0.05) is 33.3 Å². The first-order valence-corrected chi connectivity index (χ1v) is 21.8. The Kier molecular flexibility index (Phi) is 10.0. The van der Waals surface area contributed by atoms with Crippen LogP contribution in [0.15, 0.2) is 197 Å². The first-order chi connectivity index (χ1) is 29.8. The van der Waals surface area contributed by atoms with Gasteiger partial charge in [-0.2, -0.15) is 9.97 Å². The van der Waals surface area contributed by atoms with E-state index in [1.807, 2.05) is 36.4 Å². The van der Waals surface area contributed by atoms with Crippen molar-refractivity contribution in [2.45, 2.75) is 59.8 Å². The van der Waals surface area contributed by atoms with Gasteiger partial charge in [-0.15, -0.1) is 0 Å². The second-order valence-corrected chi connectivity index (χ2v) is 17.3. The third-order valence-corrected chi connectivity index (χ3v) is 12.7. The quantitative estimate of drug-likeness (QED) is 0.148. The summed E-state index contributed by atoms with van der Waals surface area (Å²) < 4.78 is 2.39. The fourth-order valence-electron chi connectivity index (χ4n) is 10.1. The van der Waals surface area contributed by atoms with Gasteiger partial charge in [0.1, 0.15) is 0 Å². The molecule has 0 fully saturated rings. The van der Waals surface area contributed by atoms with Crippen LogP contribution >= 0.6 is 0 Å². The molecular formula is C56H51N5. The van der Waals surface area contributed by atoms with E-state index in [-0.39, 0.29) is 5.41 Å². The third-order valence-electron chi connectivity index (χ3n) is 12.7. The van der Waals surface area contributed by atoms with Gasteiger partial charge in [-0.1, -0.05) is 148 Å². The fraction of sp³-hybridized carbons (Fsp3) is 0.196. The molecule has 1 N–H and O–H groups in total. The molecule has 2 heterocycles. The number of nitrogens with one attached hydrogen (secondary N) is 1. The van der Waals surface area contributed by atoms with E-state index in [4.69, 9.17) is 15.0 Å². The zero-order valence-corrected chi connectivity index (χ0v) is 35.5. The Labute approximate surface area is 359 Å². The van der Waals surface area contributed by atoms with E-state index in [1.54, 1.807) is 0 Å². The van der Waals surface area contributed by atoms with E-state index in [9.17, 15) is 0 Å². The summed E-state index contributed by atoms with van der Waals surface area (Å²) in [6, 6.07) is 46.9. The van der Waals surface area contributed by atoms with Gasteiger partial charge in [-0.25, -0.2) is 4.98 Å². The number of aromatic nitrogens is 4. The number of fused-ring (bicyclic) bond motifs is 6. The van der Waals surface area contributed by atoms with Crippen LogP contribution < -0.4 is 5.32 Å². The zero-order chi connectivity index (χ0) is 41.5. The molecular weight excluding hydrogens is 743 g/mol. The lowest BCUT2D eigenvalue weighted by Crippen LogP contribution is -2.22. The molecule has 2 bridgehead atoms. The predicted octanol–water partition coefficient (Wildman–Crippen LogP) is 14.4. The van der Waals surface area contributed by atoms with Crippen molar-refractivity contribution < 1.29 is 0 Å². The standard InChI is InChI=1S/C56H51N5/c1-5-19-40(41-30-31-51-47(34-41)46-27-16-18-29-50(46)61(51)44-24-13-8-14-25-44)32-37(2)52-43-33-42(45-26-15-17-28-48(45)56(3,4)36-43)35-49(52)57-55-59-53(38-20-9-6-10-21-38)58-54(60-55)39-22-11-7-12-23-39/h6-14,16-25,27-32,34-35,43H,5,15,26,33,36H2,1-4H3,(H,57,58,59,60)/b37-32+,40-19+. The van der Waals surface area contributed by atoms with Crippen LogP contribution in [0.5, 0.6) is 0 Å². The highest BCUT2D eigenvalue weighted by Crippen LogP contribution is 2.52. The highest BCUT2D eigenvalue weighted by Gasteiger charge is 2.38. The number of rotatable bonds is 9. The molecule has 2 aromatic heterocycles. The summed E-state index contributed by atoms with van der Waals surface area (Å²) in [7, 11) is 0. The van der Waals surface area contributed by atoms with Crippen LogP contribution in [0, 0.1) is 11.3 Å². The van der Waals surface area contributed by atoms with Gasteiger partial charge in [-0.05, 0) is 126 Å². The first-order valence-electron chi connectivity index (χ1n) is 21.8. The molecule has 0 saturated heterocycles. The third kappa shape index (κ3) is 7.29. The zero-order valence-electron chi connectivity index (χ0n) is 35.5. The molecule has 7 aromatic rings. The van der Waals surface area contributed by atoms with Crippen LogP contribution in [0.4, 0.5) is 5.95 Å². The first kappa shape index (κ1) is 38.4. The summed E-state index contributed by atoms with van der Waals surface area (Å²) >= 11 is 0. The second kappa shape index (κ2) is 16.0. The summed E-state index contributed by atoms with van der Waals surface area (Å²) in [4.78, 5) is 15.2. The van der Waals surface area contributed by atoms with Crippen molar-refractivity contribution in [1.82, 2.24) is 19.5 Å². The van der Waals surface area contributed by atoms with Gasteiger partial charge in [0.2, 0.25) is 5.95 Å². The molecule has 0 amide bonds. The van der Waals surface area contributed by atoms with Gasteiger partial charge in [0.05, 0.1) is 11.0 Å². The Morgan fingerprint density at radius 1 is 0.770 bits per heavy atom. The van der Waals surface area contributed by atoms with Crippen LogP contribution in [-0.4, -0.2) is 19.5 Å². The molecule has 0 saturated carbocycles. The molecule has 0 spiro atoms. The maximum Gasteiger partial charge on any atom is 0.231 e. The molecule has 5 heteroatoms. The Morgan fingerprint density at radius 3 is 2.13 bits per heavy atom. The molecule has 5 aromatic carbocycles. The average Bonchev–Trinajstić information content (AvgIpc) is 3.59. The topological polar surface area (TPSA) is 55.6 Å². The predicted molar refractivity (Wildman–Crippen MR) is 254 cm³/mol. The highest BCUT2D eigenvalue weighted by atomic mass is 15.2. The molecule has 10 rings (SSSR count). The summed E-state index contributed by atoms with van der Waals surface area (Å²) in [6.45, 7) is 9.42. The Morgan fingerprint density at radius 2 is 1.43 bits per heavy atom. The lowest BCUT2D eigenvalue weighted by Gasteiger charge is -2.33. The molecule has 1 atom stereocenters. The fourth-order valence-corrected chi connectivity index (χ4v) is 10.1. The number of anilines is 1. The van der Waals surface area contributed by atoms with Crippen LogP contribution in [0.25, 0.3) is 55.8 Å². The van der Waals surface area contributed by atoms with Crippen LogP contribution in [0.1, 0.15) is 65.4 Å². The summed E-state index contributed by atoms with van der Waals surface area (Å²) in [5.74, 6) is 2.14. The largest absolute Gasteiger partial charge is 0.324 e. The second-order valence-electron chi connectivity index (χ2n) is 17.3. The lowest BCUT2D eigenvalue weighted by molar-refractivity contribution is 0.353. The van der Waals surface area contributed by atoms with Crippen molar-refractivity contribution in [2.24, 2.45) is 11.3 Å². The van der Waals surface area contributed by atoms with E-state index in [0.717, 1.165) is 48.9 Å². The monoisotopic (exact) mass is 793 g/mol. The van der Waals surface area contributed by atoms with Crippen molar-refractivity contribution in [3.8, 4) is 28.5 Å². The van der Waals surface area contributed by atoms with Gasteiger partial charge in [0.15, 0.2) is 11.6 Å². The molecule has 0 aliphatic heterocycles. The van der Waals surface area contributed by atoms with Crippen molar-refractivity contribution in [3.63, 3.8) is 0 Å². The minimum Gasteiger partial charge on any atom is -0.324 e. The SMILES string of the molecule is CC/C=C(\C=C(/C)C1=C(Nc2nc(-c3ccccc3)nc(-c3ccccc3)n2)C=C2CC1CC(C)(C)C1=C2CCC=C1)c1ccc2c(c1)c1ccccc1n2-c1ccccc1. The number of allylic oxidation sites excluding steroid dienone is 11. The van der Waals surface area contributed by atoms with Crippen LogP contribution in [-0.2, 0) is 0 Å². The lowest BCUT2D eigenvalue weighted by atomic mass is 9.72. The normalized spacial score (nSPS) is 17.7. The van der Waals surface area contributed by atoms with E-state index < -0.39 is 0 Å². The molecule has 300 valence electrons. The van der Waals surface area contributed by atoms with Gasteiger partial charge in [0.25, 0.3) is 0 Å². The average molecular weight is 794 g/mol. The van der Waals surface area contributed by atoms with E-state index in [2.05, 4.69) is 165 Å². The number of hydrogen-bond donors (Lipinski definition) is 1. The highest BCUT2D eigenvalue weighted by molar-refractivity contribution is 6.10. The van der Waals surface area contributed by atoms with E-state index in [0.29, 0.717) is 23.5 Å². The molecule has 5 nitrogen and oxygen atoms in total. The number of para-hydroxylation sites is 2. The molecule has 61 heavy (non-hydrogen) atoms. The Balaban J connectivity index is 1.13. The van der Waals surface area contributed by atoms with Crippen LogP contribution in [0.2, 0.25) is 0 Å². The van der Waals surface area contributed by atoms with Gasteiger partial charge >= 0.3 is 0 Å². The maximum atomic E-state index is 5.11. The van der Waals surface area contributed by atoms with Gasteiger partial charge < -0.3 is 9.88 Å². The van der Waals surface area contributed by atoms with Gasteiger partial charge in [-0.3, -0.25) is 0 Å². The van der Waals surface area contributed by atoms with Crippen molar-refractivity contribution in [3.05, 3.63) is 203 Å². The van der Waals surface area contributed by atoms with E-state index >= 15 is 0 Å².